The summed E-state index contributed by atoms with van der Waals surface area (Å²) in [4.78, 5) is 0. The highest BCUT2D eigenvalue weighted by Crippen LogP contribution is 2.33. The van der Waals surface area contributed by atoms with Crippen molar-refractivity contribution in [2.24, 2.45) is 17.8 Å². The van der Waals surface area contributed by atoms with Gasteiger partial charge in [0.15, 0.2) is 0 Å². The Labute approximate surface area is 130 Å². The van der Waals surface area contributed by atoms with Gasteiger partial charge in [0, 0.05) is 5.25 Å². The molecule has 0 amide bonds. The Kier molecular flexibility index (Phi) is 11.1. The number of hydrogen-bond donors (Lipinski definition) is 2. The van der Waals surface area contributed by atoms with Gasteiger partial charge < -0.3 is 10.2 Å². The molecular weight excluding hydrogens is 268 g/mol. The molecule has 0 aromatic rings. The molecule has 1 saturated carbocycles. The molecule has 1 aliphatic carbocycles. The average molecular weight is 305 g/mol. The summed E-state index contributed by atoms with van der Waals surface area (Å²) < 4.78 is 0. The second kappa shape index (κ2) is 10.9. The Morgan fingerprint density at radius 1 is 1.20 bits per heavy atom. The van der Waals surface area contributed by atoms with Crippen LogP contribution in [0.5, 0.6) is 0 Å². The molecule has 2 N–H and O–H groups in total. The molecule has 0 saturated heterocycles. The van der Waals surface area contributed by atoms with E-state index in [2.05, 4.69) is 27.7 Å². The van der Waals surface area contributed by atoms with Gasteiger partial charge in [-0.3, -0.25) is 0 Å². The van der Waals surface area contributed by atoms with Gasteiger partial charge in [-0.2, -0.15) is 11.8 Å². The summed E-state index contributed by atoms with van der Waals surface area (Å²) in [6.07, 6.45) is 7.70. The molecule has 2 nitrogen and oxygen atoms in total. The van der Waals surface area contributed by atoms with Crippen LogP contribution in [0.3, 0.4) is 0 Å². The Bertz CT molecular complexity index is 231. The van der Waals surface area contributed by atoms with Crippen molar-refractivity contribution in [1.29, 1.82) is 0 Å². The summed E-state index contributed by atoms with van der Waals surface area (Å²) in [5.41, 5.74) is 0. The van der Waals surface area contributed by atoms with Crippen LogP contribution in [0.2, 0.25) is 0 Å². The third kappa shape index (κ3) is 7.90. The van der Waals surface area contributed by atoms with Gasteiger partial charge in [-0.05, 0) is 50.2 Å². The predicted octanol–water partition coefficient (Wildman–Crippen LogP) is 4.34. The third-order valence-electron chi connectivity index (χ3n) is 4.40. The molecule has 1 rings (SSSR count). The minimum atomic E-state index is -0.153. The fourth-order valence-corrected chi connectivity index (χ4v) is 3.86. The van der Waals surface area contributed by atoms with Crippen molar-refractivity contribution in [1.82, 2.24) is 0 Å². The van der Waals surface area contributed by atoms with E-state index in [1.807, 2.05) is 13.2 Å². The van der Waals surface area contributed by atoms with E-state index in [0.29, 0.717) is 17.1 Å². The van der Waals surface area contributed by atoms with Crippen LogP contribution in [0.25, 0.3) is 0 Å². The highest BCUT2D eigenvalue weighted by Gasteiger charge is 2.28. The summed E-state index contributed by atoms with van der Waals surface area (Å²) in [6, 6.07) is 0. The molecule has 20 heavy (non-hydrogen) atoms. The van der Waals surface area contributed by atoms with Crippen molar-refractivity contribution in [3.63, 3.8) is 0 Å². The molecule has 1 aliphatic rings. The number of aliphatic hydroxyl groups is 2. The largest absolute Gasteiger partial charge is 0.393 e. The first-order valence-corrected chi connectivity index (χ1v) is 9.51. The lowest BCUT2D eigenvalue weighted by Gasteiger charge is -2.33. The zero-order valence-corrected chi connectivity index (χ0v) is 15.1. The van der Waals surface area contributed by atoms with Gasteiger partial charge >= 0.3 is 0 Å². The van der Waals surface area contributed by atoms with Crippen LogP contribution >= 0.6 is 11.8 Å². The van der Waals surface area contributed by atoms with E-state index in [9.17, 15) is 5.11 Å². The van der Waals surface area contributed by atoms with E-state index in [1.54, 1.807) is 11.8 Å². The second-order valence-electron chi connectivity index (χ2n) is 6.70. The molecule has 1 fully saturated rings. The second-order valence-corrected chi connectivity index (χ2v) is 7.77. The van der Waals surface area contributed by atoms with Gasteiger partial charge in [0.05, 0.1) is 12.2 Å². The first-order valence-electron chi connectivity index (χ1n) is 8.22. The summed E-state index contributed by atoms with van der Waals surface area (Å²) in [5, 5.41) is 19.3. The lowest BCUT2D eigenvalue weighted by atomic mass is 9.75. The Morgan fingerprint density at radius 3 is 2.10 bits per heavy atom. The van der Waals surface area contributed by atoms with E-state index in [4.69, 9.17) is 5.11 Å². The van der Waals surface area contributed by atoms with E-state index in [0.717, 1.165) is 25.2 Å². The molecule has 0 radical (unpaired) electrons. The van der Waals surface area contributed by atoms with Crippen LogP contribution < -0.4 is 0 Å². The Morgan fingerprint density at radius 2 is 1.80 bits per heavy atom. The first kappa shape index (κ1) is 20.3. The minimum Gasteiger partial charge on any atom is -0.393 e. The first-order chi connectivity index (χ1) is 9.33. The Balaban J connectivity index is 0.000000370. The topological polar surface area (TPSA) is 40.5 Å². The number of rotatable bonds is 5. The van der Waals surface area contributed by atoms with Gasteiger partial charge in [-0.25, -0.2) is 0 Å². The summed E-state index contributed by atoms with van der Waals surface area (Å²) in [5.74, 6) is 1.95. The zero-order chi connectivity index (χ0) is 15.7. The summed E-state index contributed by atoms with van der Waals surface area (Å²) in [6.45, 7) is 10.7. The van der Waals surface area contributed by atoms with E-state index in [-0.39, 0.29) is 12.2 Å². The fourth-order valence-electron chi connectivity index (χ4n) is 2.99. The van der Waals surface area contributed by atoms with Gasteiger partial charge in [0.25, 0.3) is 0 Å². The molecule has 0 aromatic carbocycles. The number of aliphatic hydroxyl groups excluding tert-OH is 2. The van der Waals surface area contributed by atoms with Gasteiger partial charge in [-0.1, -0.05) is 40.5 Å². The highest BCUT2D eigenvalue weighted by atomic mass is 32.2. The molecule has 0 heterocycles. The smallest absolute Gasteiger partial charge is 0.0630 e. The van der Waals surface area contributed by atoms with Gasteiger partial charge in [-0.15, -0.1) is 0 Å². The van der Waals surface area contributed by atoms with Crippen LogP contribution in [-0.4, -0.2) is 33.9 Å². The molecule has 3 heteroatoms. The molecule has 0 aliphatic heterocycles. The molecule has 0 spiro atoms. The van der Waals surface area contributed by atoms with Crippen LogP contribution in [0.1, 0.15) is 66.7 Å². The molecule has 5 unspecified atom stereocenters. The average Bonchev–Trinajstić information content (AvgIpc) is 2.35. The summed E-state index contributed by atoms with van der Waals surface area (Å²) >= 11 is 1.75. The summed E-state index contributed by atoms with van der Waals surface area (Å²) in [7, 11) is 0. The van der Waals surface area contributed by atoms with Crippen LogP contribution in [-0.2, 0) is 0 Å². The van der Waals surface area contributed by atoms with Crippen molar-refractivity contribution < 1.29 is 10.2 Å². The molecule has 5 atom stereocenters. The lowest BCUT2D eigenvalue weighted by molar-refractivity contribution is 0.0266. The number of hydrogen-bond acceptors (Lipinski definition) is 3. The van der Waals surface area contributed by atoms with Crippen LogP contribution in [0.15, 0.2) is 0 Å². The van der Waals surface area contributed by atoms with Crippen LogP contribution in [0, 0.1) is 17.8 Å². The van der Waals surface area contributed by atoms with Crippen molar-refractivity contribution in [2.75, 3.05) is 6.26 Å². The maximum Gasteiger partial charge on any atom is 0.0630 e. The molecule has 122 valence electrons. The quantitative estimate of drug-likeness (QED) is 0.794. The lowest BCUT2D eigenvalue weighted by Crippen LogP contribution is -2.31. The van der Waals surface area contributed by atoms with Crippen molar-refractivity contribution in [3.05, 3.63) is 0 Å². The van der Waals surface area contributed by atoms with Crippen molar-refractivity contribution >= 4 is 11.8 Å². The van der Waals surface area contributed by atoms with Crippen molar-refractivity contribution in [2.45, 2.75) is 84.2 Å². The normalized spacial score (nSPS) is 29.6. The van der Waals surface area contributed by atoms with E-state index >= 15 is 0 Å². The maximum absolute atomic E-state index is 9.71. The van der Waals surface area contributed by atoms with Crippen LogP contribution in [0.4, 0.5) is 0 Å². The standard InChI is InChI=1S/C10H20O.C7H16OS/c1-7(2)9-5-4-8(3)6-10(9)11;1-4-5-7(9-3)6(2)8/h7-11H,4-6H2,1-3H3;6-8H,4-5H2,1-3H3. The fraction of sp³-hybridized carbons (Fsp3) is 1.00. The van der Waals surface area contributed by atoms with E-state index in [1.165, 1.54) is 12.8 Å². The Hall–Kier alpha value is 0.270. The molecule has 0 aromatic heterocycles. The van der Waals surface area contributed by atoms with Gasteiger partial charge in [0.2, 0.25) is 0 Å². The molecule has 0 bridgehead atoms. The van der Waals surface area contributed by atoms with Crippen molar-refractivity contribution in [3.8, 4) is 0 Å². The monoisotopic (exact) mass is 304 g/mol. The number of thioether (sulfide) groups is 1. The SMILES string of the molecule is CC1CCC(C(C)C)C(O)C1.CCCC(SC)C(C)O. The third-order valence-corrected chi connectivity index (χ3v) is 5.64. The predicted molar refractivity (Wildman–Crippen MR) is 91.2 cm³/mol. The zero-order valence-electron chi connectivity index (χ0n) is 14.3. The molecular formula is C17H36O2S. The van der Waals surface area contributed by atoms with Gasteiger partial charge in [0.1, 0.15) is 0 Å². The maximum atomic E-state index is 9.71. The minimum absolute atomic E-state index is 0.0289. The highest BCUT2D eigenvalue weighted by molar-refractivity contribution is 7.99. The van der Waals surface area contributed by atoms with E-state index < -0.39 is 0 Å².